The molecule has 0 radical (unpaired) electrons. The molecule has 5 heteroatoms. The number of primary amides is 1. The third kappa shape index (κ3) is 3.85. The maximum atomic E-state index is 11.6. The molecule has 1 amide bonds. The minimum absolute atomic E-state index is 0.146. The highest BCUT2D eigenvalue weighted by Gasteiger charge is 2.31. The van der Waals surface area contributed by atoms with Crippen LogP contribution >= 0.6 is 11.6 Å². The van der Waals surface area contributed by atoms with E-state index in [2.05, 4.69) is 0 Å². The van der Waals surface area contributed by atoms with Crippen LogP contribution in [0.5, 0.6) is 5.75 Å². The highest BCUT2D eigenvalue weighted by atomic mass is 35.5. The molecule has 1 fully saturated rings. The lowest BCUT2D eigenvalue weighted by atomic mass is 9.82. The van der Waals surface area contributed by atoms with Gasteiger partial charge in [-0.25, -0.2) is 0 Å². The minimum atomic E-state index is -0.589. The van der Waals surface area contributed by atoms with Crippen molar-refractivity contribution in [1.82, 2.24) is 0 Å². The van der Waals surface area contributed by atoms with Crippen molar-refractivity contribution in [1.29, 1.82) is 0 Å². The van der Waals surface area contributed by atoms with Gasteiger partial charge in [0.15, 0.2) is 6.10 Å². The highest BCUT2D eigenvalue weighted by Crippen LogP contribution is 2.29. The van der Waals surface area contributed by atoms with Crippen LogP contribution in [0.15, 0.2) is 24.3 Å². The van der Waals surface area contributed by atoms with Crippen molar-refractivity contribution < 1.29 is 9.53 Å². The Morgan fingerprint density at radius 3 is 2.32 bits per heavy atom. The van der Waals surface area contributed by atoms with Crippen molar-refractivity contribution in [2.24, 2.45) is 17.4 Å². The van der Waals surface area contributed by atoms with Crippen LogP contribution in [-0.4, -0.2) is 18.1 Å². The topological polar surface area (TPSA) is 78.3 Å². The van der Waals surface area contributed by atoms with Gasteiger partial charge in [0.25, 0.3) is 5.91 Å². The molecule has 1 saturated carbocycles. The summed E-state index contributed by atoms with van der Waals surface area (Å²) < 4.78 is 5.73. The quantitative estimate of drug-likeness (QED) is 0.887. The predicted octanol–water partition coefficient (Wildman–Crippen LogP) is 2.09. The van der Waals surface area contributed by atoms with Crippen molar-refractivity contribution >= 4 is 17.5 Å². The van der Waals surface area contributed by atoms with Gasteiger partial charge in [-0.3, -0.25) is 4.79 Å². The number of carbonyl (C=O) groups excluding carboxylic acids is 1. The fourth-order valence-corrected chi connectivity index (χ4v) is 2.62. The molecule has 4 nitrogen and oxygen atoms in total. The van der Waals surface area contributed by atoms with Gasteiger partial charge in [0.05, 0.1) is 0 Å². The zero-order valence-electron chi connectivity index (χ0n) is 10.7. The Kier molecular flexibility index (Phi) is 4.66. The van der Waals surface area contributed by atoms with E-state index in [0.717, 1.165) is 25.7 Å². The lowest BCUT2D eigenvalue weighted by molar-refractivity contribution is -0.127. The van der Waals surface area contributed by atoms with Crippen molar-refractivity contribution in [3.05, 3.63) is 29.3 Å². The molecule has 1 aromatic rings. The molecule has 1 aliphatic rings. The smallest absolute Gasteiger partial charge is 0.258 e. The maximum Gasteiger partial charge on any atom is 0.258 e. The minimum Gasteiger partial charge on any atom is -0.480 e. The standard InChI is InChI=1S/C14H19ClN2O2/c15-10-3-7-12(8-4-10)19-13(14(17)18)9-1-5-11(16)6-2-9/h3-4,7-9,11,13H,1-2,5-6,16H2,(H2,17,18). The SMILES string of the molecule is NC(=O)C(Oc1ccc(Cl)cc1)C1CCC(N)CC1. The van der Waals surface area contributed by atoms with E-state index in [1.165, 1.54) is 0 Å². The number of benzene rings is 1. The van der Waals surface area contributed by atoms with Crippen LogP contribution in [0, 0.1) is 5.92 Å². The summed E-state index contributed by atoms with van der Waals surface area (Å²) in [7, 11) is 0. The van der Waals surface area contributed by atoms with Gasteiger partial charge in [0.1, 0.15) is 5.75 Å². The van der Waals surface area contributed by atoms with E-state index in [-0.39, 0.29) is 12.0 Å². The van der Waals surface area contributed by atoms with Gasteiger partial charge in [-0.15, -0.1) is 0 Å². The maximum absolute atomic E-state index is 11.6. The van der Waals surface area contributed by atoms with E-state index in [1.807, 2.05) is 0 Å². The van der Waals surface area contributed by atoms with Crippen LogP contribution in [0.4, 0.5) is 0 Å². The molecule has 0 aromatic heterocycles. The largest absolute Gasteiger partial charge is 0.480 e. The molecule has 0 aliphatic heterocycles. The third-order valence-electron chi connectivity index (χ3n) is 3.60. The molecule has 0 bridgehead atoms. The van der Waals surface area contributed by atoms with Crippen molar-refractivity contribution in [3.63, 3.8) is 0 Å². The molecule has 19 heavy (non-hydrogen) atoms. The Balaban J connectivity index is 2.04. The Labute approximate surface area is 118 Å². The lowest BCUT2D eigenvalue weighted by Crippen LogP contribution is -2.43. The number of carbonyl (C=O) groups is 1. The van der Waals surface area contributed by atoms with E-state index in [4.69, 9.17) is 27.8 Å². The number of hydrogen-bond donors (Lipinski definition) is 2. The van der Waals surface area contributed by atoms with Gasteiger partial charge in [0.2, 0.25) is 0 Å². The molecule has 4 N–H and O–H groups in total. The fraction of sp³-hybridized carbons (Fsp3) is 0.500. The van der Waals surface area contributed by atoms with Crippen molar-refractivity contribution in [2.75, 3.05) is 0 Å². The summed E-state index contributed by atoms with van der Waals surface area (Å²) in [5.41, 5.74) is 11.3. The number of amides is 1. The fourth-order valence-electron chi connectivity index (χ4n) is 2.49. The van der Waals surface area contributed by atoms with Crippen LogP contribution in [0.25, 0.3) is 0 Å². The highest BCUT2D eigenvalue weighted by molar-refractivity contribution is 6.30. The van der Waals surface area contributed by atoms with Crippen LogP contribution in [-0.2, 0) is 4.79 Å². The average Bonchev–Trinajstić information content (AvgIpc) is 2.39. The van der Waals surface area contributed by atoms with Crippen LogP contribution in [0.1, 0.15) is 25.7 Å². The summed E-state index contributed by atoms with van der Waals surface area (Å²) in [6, 6.07) is 7.18. The number of halogens is 1. The first kappa shape index (κ1) is 14.2. The van der Waals surface area contributed by atoms with E-state index in [0.29, 0.717) is 10.8 Å². The van der Waals surface area contributed by atoms with E-state index >= 15 is 0 Å². The number of rotatable bonds is 4. The van der Waals surface area contributed by atoms with Gasteiger partial charge in [-0.05, 0) is 49.9 Å². The Morgan fingerprint density at radius 2 is 1.79 bits per heavy atom. The van der Waals surface area contributed by atoms with E-state index < -0.39 is 12.0 Å². The first-order valence-corrected chi connectivity index (χ1v) is 6.91. The number of ether oxygens (including phenoxy) is 1. The zero-order chi connectivity index (χ0) is 13.8. The lowest BCUT2D eigenvalue weighted by Gasteiger charge is -2.31. The normalized spacial score (nSPS) is 24.7. The summed E-state index contributed by atoms with van der Waals surface area (Å²) in [4.78, 5) is 11.6. The number of nitrogens with two attached hydrogens (primary N) is 2. The summed E-state index contributed by atoms with van der Waals surface area (Å²) in [5.74, 6) is 0.339. The second-order valence-electron chi connectivity index (χ2n) is 5.07. The molecule has 1 aromatic carbocycles. The van der Waals surface area contributed by atoms with Crippen molar-refractivity contribution in [3.8, 4) is 5.75 Å². The molecular weight excluding hydrogens is 264 g/mol. The van der Waals surface area contributed by atoms with E-state index in [9.17, 15) is 4.79 Å². The zero-order valence-corrected chi connectivity index (χ0v) is 11.5. The van der Waals surface area contributed by atoms with E-state index in [1.54, 1.807) is 24.3 Å². The summed E-state index contributed by atoms with van der Waals surface area (Å²) in [5, 5.41) is 0.631. The van der Waals surface area contributed by atoms with Crippen molar-refractivity contribution in [2.45, 2.75) is 37.8 Å². The Morgan fingerprint density at radius 1 is 1.21 bits per heavy atom. The molecular formula is C14H19ClN2O2. The Hall–Kier alpha value is -1.26. The van der Waals surface area contributed by atoms with Gasteiger partial charge in [-0.2, -0.15) is 0 Å². The first-order chi connectivity index (χ1) is 9.06. The third-order valence-corrected chi connectivity index (χ3v) is 3.85. The van der Waals surface area contributed by atoms with Crippen LogP contribution in [0.3, 0.4) is 0 Å². The van der Waals surface area contributed by atoms with Gasteiger partial charge in [-0.1, -0.05) is 11.6 Å². The summed E-state index contributed by atoms with van der Waals surface area (Å²) in [6.07, 6.45) is 3.00. The second kappa shape index (κ2) is 6.26. The molecule has 1 atom stereocenters. The molecule has 1 aliphatic carbocycles. The number of hydrogen-bond acceptors (Lipinski definition) is 3. The van der Waals surface area contributed by atoms with Gasteiger partial charge in [0, 0.05) is 17.0 Å². The molecule has 2 rings (SSSR count). The Bertz CT molecular complexity index is 428. The first-order valence-electron chi connectivity index (χ1n) is 6.53. The predicted molar refractivity (Wildman–Crippen MR) is 75.0 cm³/mol. The second-order valence-corrected chi connectivity index (χ2v) is 5.51. The summed E-state index contributed by atoms with van der Waals surface area (Å²) >= 11 is 5.81. The summed E-state index contributed by atoms with van der Waals surface area (Å²) in [6.45, 7) is 0. The molecule has 1 unspecified atom stereocenters. The van der Waals surface area contributed by atoms with Crippen LogP contribution < -0.4 is 16.2 Å². The molecule has 104 valence electrons. The average molecular weight is 283 g/mol. The van der Waals surface area contributed by atoms with Crippen LogP contribution in [0.2, 0.25) is 5.02 Å². The molecule has 0 spiro atoms. The van der Waals surface area contributed by atoms with Gasteiger partial charge < -0.3 is 16.2 Å². The van der Waals surface area contributed by atoms with Gasteiger partial charge >= 0.3 is 0 Å². The monoisotopic (exact) mass is 282 g/mol. The molecule has 0 heterocycles. The molecule has 0 saturated heterocycles.